The molecule has 5 heteroatoms. The molecule has 0 amide bonds. The summed E-state index contributed by atoms with van der Waals surface area (Å²) in [5.41, 5.74) is 0.198. The summed E-state index contributed by atoms with van der Waals surface area (Å²) >= 11 is 0. The first-order valence-corrected chi connectivity index (χ1v) is 4.90. The number of hydrogen-bond acceptors (Lipinski definition) is 4. The Morgan fingerprint density at radius 1 is 1.55 bits per heavy atom. The third-order valence-electron chi connectivity index (χ3n) is 0.929. The fraction of sp³-hybridized carbons (Fsp3) is 0.500. The van der Waals surface area contributed by atoms with Crippen molar-refractivity contribution in [2.24, 2.45) is 0 Å². The van der Waals surface area contributed by atoms with Gasteiger partial charge in [-0.2, -0.15) is 0 Å². The van der Waals surface area contributed by atoms with Gasteiger partial charge in [0.05, 0.1) is 6.66 Å². The molecule has 11 heavy (non-hydrogen) atoms. The van der Waals surface area contributed by atoms with Crippen molar-refractivity contribution in [3.63, 3.8) is 0 Å². The lowest BCUT2D eigenvalue weighted by molar-refractivity contribution is -0.130. The van der Waals surface area contributed by atoms with Gasteiger partial charge in [0.15, 0.2) is 0 Å². The van der Waals surface area contributed by atoms with Crippen LogP contribution in [0, 0.1) is 0 Å². The summed E-state index contributed by atoms with van der Waals surface area (Å²) in [5.74, 6) is -0.697. The van der Waals surface area contributed by atoms with E-state index in [2.05, 4.69) is 15.6 Å². The zero-order valence-corrected chi connectivity index (χ0v) is 7.68. The smallest absolute Gasteiger partial charge is 0.378 e. The Hall–Kier alpha value is -0.600. The third kappa shape index (κ3) is 3.96. The van der Waals surface area contributed by atoms with Gasteiger partial charge in [-0.15, -0.1) is 0 Å². The molecule has 4 nitrogen and oxygen atoms in total. The standard InChI is InChI=1S/C6H11O4P/c1-5(2)6(7)10-11(4,8)9-3/h1H2,2-4H3. The molecule has 0 spiro atoms. The summed E-state index contributed by atoms with van der Waals surface area (Å²) in [4.78, 5) is 10.7. The summed E-state index contributed by atoms with van der Waals surface area (Å²) in [6.07, 6.45) is 0. The molecule has 0 rings (SSSR count). The van der Waals surface area contributed by atoms with Crippen LogP contribution >= 0.6 is 7.60 Å². The maximum absolute atomic E-state index is 11.0. The van der Waals surface area contributed by atoms with Crippen LogP contribution in [0.5, 0.6) is 0 Å². The van der Waals surface area contributed by atoms with Gasteiger partial charge in [0, 0.05) is 12.7 Å². The third-order valence-corrected chi connectivity index (χ3v) is 2.09. The van der Waals surface area contributed by atoms with Gasteiger partial charge < -0.3 is 9.05 Å². The van der Waals surface area contributed by atoms with Gasteiger partial charge in [0.25, 0.3) is 0 Å². The zero-order chi connectivity index (χ0) is 9.07. The maximum atomic E-state index is 11.0. The van der Waals surface area contributed by atoms with Crippen molar-refractivity contribution in [3.05, 3.63) is 12.2 Å². The topological polar surface area (TPSA) is 52.6 Å². The van der Waals surface area contributed by atoms with Gasteiger partial charge in [-0.05, 0) is 6.92 Å². The summed E-state index contributed by atoms with van der Waals surface area (Å²) < 4.78 is 19.9. The van der Waals surface area contributed by atoms with E-state index in [-0.39, 0.29) is 5.57 Å². The molecule has 0 saturated carbocycles. The number of rotatable bonds is 3. The van der Waals surface area contributed by atoms with Crippen molar-refractivity contribution in [2.45, 2.75) is 6.92 Å². The zero-order valence-electron chi connectivity index (χ0n) is 6.79. The van der Waals surface area contributed by atoms with Crippen LogP contribution < -0.4 is 0 Å². The molecular formula is C6H11O4P. The lowest BCUT2D eigenvalue weighted by Gasteiger charge is -2.09. The maximum Gasteiger partial charge on any atom is 0.378 e. The van der Waals surface area contributed by atoms with Gasteiger partial charge in [-0.3, -0.25) is 0 Å². The van der Waals surface area contributed by atoms with Crippen molar-refractivity contribution in [1.82, 2.24) is 0 Å². The van der Waals surface area contributed by atoms with Gasteiger partial charge in [-0.1, -0.05) is 6.58 Å². The van der Waals surface area contributed by atoms with Gasteiger partial charge in [-0.25, -0.2) is 9.36 Å². The van der Waals surface area contributed by atoms with Crippen LogP contribution in [0.1, 0.15) is 6.92 Å². The average molecular weight is 178 g/mol. The Kier molecular flexibility index (Phi) is 3.49. The highest BCUT2D eigenvalue weighted by Crippen LogP contribution is 2.43. The second kappa shape index (κ2) is 3.69. The minimum absolute atomic E-state index is 0.198. The van der Waals surface area contributed by atoms with Crippen LogP contribution in [0.2, 0.25) is 0 Å². The highest BCUT2D eigenvalue weighted by molar-refractivity contribution is 7.53. The summed E-state index contributed by atoms with van der Waals surface area (Å²) in [5, 5.41) is 0. The highest BCUT2D eigenvalue weighted by atomic mass is 31.2. The Morgan fingerprint density at radius 3 is 2.27 bits per heavy atom. The molecule has 0 bridgehead atoms. The summed E-state index contributed by atoms with van der Waals surface area (Å²) in [7, 11) is -1.98. The van der Waals surface area contributed by atoms with E-state index in [9.17, 15) is 9.36 Å². The molecule has 0 radical (unpaired) electrons. The van der Waals surface area contributed by atoms with Gasteiger partial charge in [0.1, 0.15) is 0 Å². The second-order valence-corrected chi connectivity index (χ2v) is 4.20. The Labute approximate surface area is 65.7 Å². The lowest BCUT2D eigenvalue weighted by Crippen LogP contribution is -2.03. The fourth-order valence-electron chi connectivity index (χ4n) is 0.266. The molecule has 1 atom stereocenters. The van der Waals surface area contributed by atoms with Crippen LogP contribution in [-0.4, -0.2) is 19.7 Å². The Morgan fingerprint density at radius 2 is 2.00 bits per heavy atom. The first-order valence-electron chi connectivity index (χ1n) is 2.91. The molecule has 0 heterocycles. The normalized spacial score (nSPS) is 15.2. The van der Waals surface area contributed by atoms with E-state index >= 15 is 0 Å². The van der Waals surface area contributed by atoms with Crippen LogP contribution in [0.3, 0.4) is 0 Å². The first-order chi connectivity index (χ1) is 4.89. The quantitative estimate of drug-likeness (QED) is 0.486. The minimum atomic E-state index is -3.19. The van der Waals surface area contributed by atoms with E-state index in [4.69, 9.17) is 0 Å². The second-order valence-electron chi connectivity index (χ2n) is 2.11. The first kappa shape index (κ1) is 10.4. The van der Waals surface area contributed by atoms with E-state index in [0.29, 0.717) is 0 Å². The SMILES string of the molecule is C=C(C)C(=O)OP(C)(=O)OC. The molecule has 0 aromatic rings. The molecule has 64 valence electrons. The highest BCUT2D eigenvalue weighted by Gasteiger charge is 2.19. The lowest BCUT2D eigenvalue weighted by atomic mass is 10.4. The molecule has 0 fully saturated rings. The largest absolute Gasteiger partial charge is 0.388 e. The minimum Gasteiger partial charge on any atom is -0.388 e. The predicted molar refractivity (Wildman–Crippen MR) is 41.4 cm³/mol. The summed E-state index contributed by atoms with van der Waals surface area (Å²) in [6, 6.07) is 0. The van der Waals surface area contributed by atoms with Crippen molar-refractivity contribution in [3.8, 4) is 0 Å². The number of hydrogen-bond donors (Lipinski definition) is 0. The molecule has 0 aliphatic rings. The molecule has 0 saturated heterocycles. The monoisotopic (exact) mass is 178 g/mol. The van der Waals surface area contributed by atoms with E-state index < -0.39 is 13.6 Å². The van der Waals surface area contributed by atoms with E-state index in [1.807, 2.05) is 0 Å². The van der Waals surface area contributed by atoms with Crippen LogP contribution in [-0.2, 0) is 18.4 Å². The molecule has 0 N–H and O–H groups in total. The van der Waals surface area contributed by atoms with Crippen LogP contribution in [0.4, 0.5) is 0 Å². The Balaban J connectivity index is 4.16. The average Bonchev–Trinajstić information content (AvgIpc) is 1.87. The Bertz CT molecular complexity index is 221. The summed E-state index contributed by atoms with van der Waals surface area (Å²) in [6.45, 7) is 6.01. The predicted octanol–water partition coefficient (Wildman–Crippen LogP) is 1.57. The van der Waals surface area contributed by atoms with E-state index in [1.54, 1.807) is 0 Å². The van der Waals surface area contributed by atoms with Gasteiger partial charge in [0.2, 0.25) is 0 Å². The molecule has 0 aromatic carbocycles. The fourth-order valence-corrected chi connectivity index (χ4v) is 0.797. The van der Waals surface area contributed by atoms with Crippen LogP contribution in [0.25, 0.3) is 0 Å². The number of carbonyl (C=O) groups excluding carboxylic acids is 1. The molecule has 0 aliphatic carbocycles. The van der Waals surface area contributed by atoms with Crippen molar-refractivity contribution < 1.29 is 18.4 Å². The molecule has 0 aliphatic heterocycles. The van der Waals surface area contributed by atoms with E-state index in [0.717, 1.165) is 0 Å². The van der Waals surface area contributed by atoms with Crippen molar-refractivity contribution in [1.29, 1.82) is 0 Å². The molecule has 1 unspecified atom stereocenters. The molecule has 0 aromatic heterocycles. The van der Waals surface area contributed by atoms with Crippen LogP contribution in [0.15, 0.2) is 12.2 Å². The van der Waals surface area contributed by atoms with Gasteiger partial charge >= 0.3 is 13.6 Å². The van der Waals surface area contributed by atoms with Crippen molar-refractivity contribution in [2.75, 3.05) is 13.8 Å². The van der Waals surface area contributed by atoms with Crippen molar-refractivity contribution >= 4 is 13.6 Å². The molecular weight excluding hydrogens is 167 g/mol. The van der Waals surface area contributed by atoms with E-state index in [1.165, 1.54) is 20.7 Å². The number of carbonyl (C=O) groups is 1.